The molecule has 7 aromatic rings. The van der Waals surface area contributed by atoms with E-state index >= 15 is 0 Å². The normalized spacial score (nSPS) is 15.6. The Balaban J connectivity index is -0.000000291. The molecule has 6 atom stereocenters. The molecular formula is C111H177BrClN7O21S. The van der Waals surface area contributed by atoms with Crippen LogP contribution >= 0.6 is 27.5 Å². The van der Waals surface area contributed by atoms with Crippen molar-refractivity contribution in [2.24, 2.45) is 5.73 Å². The summed E-state index contributed by atoms with van der Waals surface area (Å²) in [7, 11) is 0.566. The lowest BCUT2D eigenvalue weighted by molar-refractivity contribution is -0.0122. The molecule has 31 heteroatoms. The number of nitrogens with zero attached hydrogens (tertiary/aromatic N) is 5. The summed E-state index contributed by atoms with van der Waals surface area (Å²) >= 11 is 8.20. The van der Waals surface area contributed by atoms with E-state index in [2.05, 4.69) is 106 Å². The van der Waals surface area contributed by atoms with Crippen LogP contribution in [0.1, 0.15) is 190 Å². The number of fused-ring (bicyclic) bond motifs is 1. The van der Waals surface area contributed by atoms with Crippen LogP contribution in [-0.4, -0.2) is 241 Å². The maximum Gasteiger partial charge on any atom is 0.410 e. The van der Waals surface area contributed by atoms with E-state index in [-0.39, 0.29) is 93.0 Å². The molecule has 7 aromatic carbocycles. The van der Waals surface area contributed by atoms with Gasteiger partial charge in [0.1, 0.15) is 33.0 Å². The second kappa shape index (κ2) is 99.5. The molecule has 4 saturated heterocycles. The van der Waals surface area contributed by atoms with Gasteiger partial charge in [-0.15, -0.1) is 32.9 Å². The van der Waals surface area contributed by atoms with Gasteiger partial charge in [0.25, 0.3) is 0 Å². The molecule has 4 fully saturated rings. The number of alkyl halides is 1. The zero-order chi connectivity index (χ0) is 104. The number of amides is 4. The van der Waals surface area contributed by atoms with Crippen LogP contribution in [0.5, 0.6) is 0 Å². The molecule has 142 heavy (non-hydrogen) atoms. The molecule has 28 nitrogen and oxygen atoms in total. The number of nitrogens with one attached hydrogen (secondary N) is 1. The Hall–Kier alpha value is -10.2. The Morgan fingerprint density at radius 1 is 0.451 bits per heavy atom. The molecule has 5 aliphatic rings. The summed E-state index contributed by atoms with van der Waals surface area (Å²) in [4.78, 5) is 67.2. The average molecular weight is 2100 g/mol. The van der Waals surface area contributed by atoms with Crippen molar-refractivity contribution in [2.45, 2.75) is 231 Å². The number of halogens is 2. The second-order valence-electron chi connectivity index (χ2n) is 29.5. The number of aliphatic hydroxyl groups excluding tert-OH is 4. The fourth-order valence-corrected chi connectivity index (χ4v) is 12.8. The molecule has 5 heterocycles. The van der Waals surface area contributed by atoms with E-state index in [0.29, 0.717) is 91.4 Å². The summed E-state index contributed by atoms with van der Waals surface area (Å²) < 4.78 is 85.5. The number of rotatable bonds is 29. The number of allylic oxidation sites excluding steroid dienone is 1. The minimum Gasteiger partial charge on any atom is -0.449 e. The second-order valence-corrected chi connectivity index (χ2v) is 31.5. The quantitative estimate of drug-likeness (QED) is 0.00539. The molecule has 2 unspecified atom stereocenters. The molecular weight excluding hydrogens is 1910 g/mol. The minimum absolute atomic E-state index is 0. The van der Waals surface area contributed by atoms with Crippen molar-refractivity contribution < 1.29 is 103 Å². The van der Waals surface area contributed by atoms with Crippen LogP contribution in [0.25, 0.3) is 0 Å². The highest BCUT2D eigenvalue weighted by molar-refractivity contribution is 9.09. The van der Waals surface area contributed by atoms with Crippen LogP contribution in [0.3, 0.4) is 0 Å². The largest absolute Gasteiger partial charge is 0.449 e. The van der Waals surface area contributed by atoms with Crippen LogP contribution in [0.2, 0.25) is 0 Å². The number of epoxide rings is 1. The van der Waals surface area contributed by atoms with Gasteiger partial charge in [0.15, 0.2) is 0 Å². The molecule has 802 valence electrons. The average Bonchev–Trinajstić information content (AvgIpc) is 1.67. The van der Waals surface area contributed by atoms with Crippen LogP contribution in [0.4, 0.5) is 24.0 Å². The number of nitrogens with two attached hydrogens (primary N) is 1. The highest BCUT2D eigenvalue weighted by Crippen LogP contribution is 2.31. The number of carbonyl (C=O) groups excluding carboxylic acids is 5. The zero-order valence-electron chi connectivity index (χ0n) is 83.3. The molecule has 5 aliphatic heterocycles. The third-order valence-corrected chi connectivity index (χ3v) is 20.2. The van der Waals surface area contributed by atoms with E-state index in [1.165, 1.54) is 11.1 Å². The van der Waals surface area contributed by atoms with Crippen molar-refractivity contribution in [2.75, 3.05) is 112 Å². The number of benzene rings is 7. The summed E-state index contributed by atoms with van der Waals surface area (Å²) in [6, 6.07) is 68.7. The molecule has 0 radical (unpaired) electrons. The molecule has 0 bridgehead atoms. The maximum atomic E-state index is 12.0. The lowest BCUT2D eigenvalue weighted by Crippen LogP contribution is -2.33. The Morgan fingerprint density at radius 2 is 0.732 bits per heavy atom. The van der Waals surface area contributed by atoms with Gasteiger partial charge < -0.3 is 89.0 Å². The van der Waals surface area contributed by atoms with Crippen LogP contribution in [0, 0.1) is 0 Å². The zero-order valence-corrected chi connectivity index (χ0v) is 84.4. The van der Waals surface area contributed by atoms with E-state index in [1.807, 2.05) is 200 Å². The van der Waals surface area contributed by atoms with Gasteiger partial charge in [0.2, 0.25) is 0 Å². The monoisotopic (exact) mass is 2090 g/mol. The molecule has 0 spiro atoms. The molecule has 4 amide bonds. The van der Waals surface area contributed by atoms with Crippen molar-refractivity contribution >= 4 is 67.7 Å². The highest BCUT2D eigenvalue weighted by atomic mass is 79.9. The third kappa shape index (κ3) is 78.3. The smallest absolute Gasteiger partial charge is 0.410 e. The first-order valence-electron chi connectivity index (χ1n) is 47.2. The van der Waals surface area contributed by atoms with Crippen molar-refractivity contribution in [3.8, 4) is 0 Å². The lowest BCUT2D eigenvalue weighted by atomic mass is 10.1. The first kappa shape index (κ1) is 140. The van der Waals surface area contributed by atoms with E-state index in [1.54, 1.807) is 59.8 Å². The van der Waals surface area contributed by atoms with Gasteiger partial charge in [-0.25, -0.2) is 24.0 Å². The Labute approximate surface area is 870 Å². The van der Waals surface area contributed by atoms with Gasteiger partial charge in [-0.05, 0) is 136 Å². The maximum absolute atomic E-state index is 12.0. The fraction of sp³-hybridized carbons (Fsp3) is 0.468. The Bertz CT molecular complexity index is 4270. The van der Waals surface area contributed by atoms with Gasteiger partial charge in [-0.2, -0.15) is 8.42 Å². The summed E-state index contributed by atoms with van der Waals surface area (Å²) in [6.45, 7) is 35.5. The van der Waals surface area contributed by atoms with Gasteiger partial charge in [-0.1, -0.05) is 336 Å². The summed E-state index contributed by atoms with van der Waals surface area (Å²) in [5, 5.41) is 37.5. The lowest BCUT2D eigenvalue weighted by Gasteiger charge is -2.21. The number of hydrogen-bond donors (Lipinski definition) is 8. The number of hydrogen-bond acceptors (Lipinski definition) is 22. The predicted octanol–water partition coefficient (Wildman–Crippen LogP) is 23.6. The summed E-state index contributed by atoms with van der Waals surface area (Å²) in [5.41, 5.74) is 12.1. The van der Waals surface area contributed by atoms with E-state index in [9.17, 15) is 34.2 Å². The standard InChI is InChI=1S/C16H21NO2.C15H21NO4.C15H21N.C14H17NO3.C14H17NO2.C8H7ClO2.C7H15NO2.C7H9N.C4H7Br.2C2H6.2CH4O.5CH4.H2O4S/c1-3-5-12-17(13-6-4-2)16(18)19-14-15-10-8-7-9-11-15;1-19-14-8-10-16(9-7-13(14)17)15(18)20-11-12-5-3-2-4-6-12;1-3-5-12-16(13-6-4-2)14-15-10-8-7-9-11-15;16-14(17-10-11-4-2-1-3-5-11)15-8-6-12-13(18-12)7-9-15;16-14(15-10-6-1-2-7-11-15)17-12-13-8-4-3-5-9-13;9-8(10)11-6-7-4-2-1-3-5-7;1-10-7-3-5-8-4-2-6(7)9;8-6-7-4-2-1-3-5-7;1-2-3-4-5;4*1-2;;;;;;1-5(2,3)4/h3-4,7-11H,1-2,5-6,12-14H2;2-6,13-14,17H,7-11H2,1H3;3-4,7-11H,1-2,5-6,12-14H2;1-5,12-13H,6-10H2;1-5,8-9H,6-7,10-12H2;1-5H,6H2;6-9H,2-5H2,1H3;1-5H,6,8H2;2H,1,3-4H2;2*1-2H3;2*2H,1H3;5*1H4;(H2,1,2,3,4)/t;13-,14-;;;;;6-,7-;;;;;;;;;;;;/m.0....0............/s1/i;;;;;;;;;2*1D;;;;;;;;. The van der Waals surface area contributed by atoms with Gasteiger partial charge in [0, 0.05) is 127 Å². The third-order valence-electron chi connectivity index (χ3n) is 19.6. The Morgan fingerprint density at radius 3 is 1.04 bits per heavy atom. The Kier molecular flexibility index (Phi) is 98.3. The van der Waals surface area contributed by atoms with Gasteiger partial charge in [-0.3, -0.25) is 14.0 Å². The van der Waals surface area contributed by atoms with E-state index in [0.717, 1.165) is 177 Å². The number of carbonyl (C=O) groups is 5. The van der Waals surface area contributed by atoms with Crippen LogP contribution in [-0.2, 0) is 94.4 Å². The first-order valence-corrected chi connectivity index (χ1v) is 48.6. The van der Waals surface area contributed by atoms with Crippen molar-refractivity contribution in [1.82, 2.24) is 29.8 Å². The van der Waals surface area contributed by atoms with Crippen molar-refractivity contribution in [1.29, 1.82) is 0 Å². The van der Waals surface area contributed by atoms with Gasteiger partial charge >= 0.3 is 40.2 Å². The van der Waals surface area contributed by atoms with E-state index < -0.39 is 21.9 Å². The number of ether oxygens (including phenoxy) is 8. The summed E-state index contributed by atoms with van der Waals surface area (Å²) in [5.74, 6) is 0. The number of methoxy groups -OCH3 is 2. The van der Waals surface area contributed by atoms with E-state index in [4.69, 9.17) is 81.0 Å². The fourth-order valence-electron chi connectivity index (χ4n) is 12.4. The minimum atomic E-state index is -4.67. The van der Waals surface area contributed by atoms with Gasteiger partial charge in [0.05, 0.1) is 36.6 Å². The molecule has 0 aromatic heterocycles. The number of likely N-dealkylation sites (tertiary alicyclic amines) is 2. The number of aliphatic hydroxyl groups is 4. The summed E-state index contributed by atoms with van der Waals surface area (Å²) in [6.07, 6.45) is 23.7. The van der Waals surface area contributed by atoms with Crippen LogP contribution < -0.4 is 11.1 Å². The predicted molar refractivity (Wildman–Crippen MR) is 587 cm³/mol. The molecule has 0 saturated carbocycles. The topological polar surface area (TPSA) is 372 Å². The first-order chi connectivity index (χ1) is 67.3. The van der Waals surface area contributed by atoms with Crippen molar-refractivity contribution in [3.63, 3.8) is 0 Å². The van der Waals surface area contributed by atoms with Crippen molar-refractivity contribution in [3.05, 3.63) is 327 Å². The molecule has 12 rings (SSSR count). The van der Waals surface area contributed by atoms with Crippen LogP contribution in [0.15, 0.2) is 288 Å². The molecule has 0 aliphatic carbocycles. The SMILES string of the molecule is C.C.C.C.C.C=CCCBr.C=CCCN(CCC=C)C(=O)OCc1ccccc1.C=CCCN(CCC=C)Cc1ccccc1.CO.CO.CO[C@H]1CCN(C(=O)OCc2ccccc2)CC[C@@H]1O.CO[C@H]1CCNCC[C@@H]1O.NCc1ccccc1.O=C(Cl)OCc1ccccc1.O=C(OCc1ccccc1)N1CCC2OC2CC1.O=C(OCc1ccccc1)N1CCC=CCC1.O=S(=O)(O)O.[2H]CC.[2H]CC. The highest BCUT2D eigenvalue weighted by Gasteiger charge is 2.41. The molecule has 9 N–H and O–H groups in total.